The van der Waals surface area contributed by atoms with Gasteiger partial charge in [0.1, 0.15) is 6.54 Å². The van der Waals surface area contributed by atoms with Crippen molar-refractivity contribution in [1.29, 1.82) is 0 Å². The normalized spacial score (nSPS) is 11.4. The van der Waals surface area contributed by atoms with Crippen molar-refractivity contribution in [2.45, 2.75) is 26.9 Å². The lowest BCUT2D eigenvalue weighted by Crippen LogP contribution is -3.10. The molecule has 2 heteroatoms. The van der Waals surface area contributed by atoms with Gasteiger partial charge in [0, 0.05) is 29.2 Å². The van der Waals surface area contributed by atoms with Gasteiger partial charge in [-0.05, 0) is 25.5 Å². The van der Waals surface area contributed by atoms with E-state index in [9.17, 15) is 0 Å². The number of rotatable bonds is 6. The minimum absolute atomic E-state index is 0.939. The van der Waals surface area contributed by atoms with Gasteiger partial charge in [0.2, 0.25) is 0 Å². The Morgan fingerprint density at radius 2 is 1.55 bits per heavy atom. The Bertz CT molecular complexity index is 724. The van der Waals surface area contributed by atoms with Gasteiger partial charge < -0.3 is 9.47 Å². The van der Waals surface area contributed by atoms with E-state index in [-0.39, 0.29) is 0 Å². The molecule has 2 aromatic carbocycles. The summed E-state index contributed by atoms with van der Waals surface area (Å²) in [5, 5.41) is 1.40. The average molecular weight is 293 g/mol. The van der Waals surface area contributed by atoms with Gasteiger partial charge in [0.25, 0.3) is 0 Å². The van der Waals surface area contributed by atoms with Crippen LogP contribution in [0.15, 0.2) is 60.8 Å². The van der Waals surface area contributed by atoms with Crippen LogP contribution >= 0.6 is 0 Å². The summed E-state index contributed by atoms with van der Waals surface area (Å²) in [6, 6.07) is 19.5. The molecule has 0 atom stereocenters. The molecule has 0 aliphatic heterocycles. The zero-order valence-corrected chi connectivity index (χ0v) is 13.5. The van der Waals surface area contributed by atoms with Crippen molar-refractivity contribution in [2.24, 2.45) is 0 Å². The van der Waals surface area contributed by atoms with Crippen LogP contribution in [0.25, 0.3) is 10.9 Å². The molecular formula is C20H25N2+. The molecule has 1 heterocycles. The molecule has 0 amide bonds. The summed E-state index contributed by atoms with van der Waals surface area (Å²) in [6.07, 6.45) is 2.35. The van der Waals surface area contributed by atoms with Gasteiger partial charge in [-0.3, -0.25) is 0 Å². The number of para-hydroxylation sites is 1. The fraction of sp³-hybridized carbons (Fsp3) is 0.300. The minimum Gasteiger partial charge on any atom is -0.343 e. The molecule has 0 fully saturated rings. The average Bonchev–Trinajstić information content (AvgIpc) is 2.91. The summed E-state index contributed by atoms with van der Waals surface area (Å²) in [5.41, 5.74) is 4.16. The number of nitrogens with one attached hydrogen (secondary N) is 1. The first-order valence-electron chi connectivity index (χ1n) is 8.26. The third kappa shape index (κ3) is 3.07. The molecule has 0 bridgehead atoms. The lowest BCUT2D eigenvalue weighted by Gasteiger charge is -2.14. The van der Waals surface area contributed by atoms with Crippen LogP contribution in [0.1, 0.15) is 25.0 Å². The smallest absolute Gasteiger partial charge is 0.105 e. The molecule has 0 saturated carbocycles. The number of hydrogen-bond acceptors (Lipinski definition) is 0. The van der Waals surface area contributed by atoms with Crippen molar-refractivity contribution < 1.29 is 4.90 Å². The second-order valence-electron chi connectivity index (χ2n) is 5.92. The first-order valence-corrected chi connectivity index (χ1v) is 8.26. The molecule has 1 N–H and O–H groups in total. The van der Waals surface area contributed by atoms with Crippen LogP contribution in [-0.4, -0.2) is 17.7 Å². The van der Waals surface area contributed by atoms with Crippen LogP contribution in [0.5, 0.6) is 0 Å². The second-order valence-corrected chi connectivity index (χ2v) is 5.92. The maximum atomic E-state index is 2.39. The van der Waals surface area contributed by atoms with E-state index >= 15 is 0 Å². The Hall–Kier alpha value is -2.06. The van der Waals surface area contributed by atoms with Gasteiger partial charge in [-0.2, -0.15) is 0 Å². The Balaban J connectivity index is 1.97. The zero-order valence-electron chi connectivity index (χ0n) is 13.5. The molecule has 114 valence electrons. The predicted octanol–water partition coefficient (Wildman–Crippen LogP) is 3.11. The number of benzene rings is 2. The molecular weight excluding hydrogens is 268 g/mol. The summed E-state index contributed by atoms with van der Waals surface area (Å²) >= 11 is 0. The van der Waals surface area contributed by atoms with E-state index in [1.54, 1.807) is 4.90 Å². The van der Waals surface area contributed by atoms with Crippen LogP contribution < -0.4 is 4.90 Å². The number of fused-ring (bicyclic) bond motifs is 1. The van der Waals surface area contributed by atoms with Gasteiger partial charge in [-0.1, -0.05) is 48.5 Å². The topological polar surface area (TPSA) is 9.37 Å². The number of nitrogens with zero attached hydrogens (tertiary/aromatic N) is 1. The van der Waals surface area contributed by atoms with E-state index in [2.05, 4.69) is 79.2 Å². The number of hydrogen-bond donors (Lipinski definition) is 1. The van der Waals surface area contributed by atoms with Gasteiger partial charge in [0.15, 0.2) is 0 Å². The van der Waals surface area contributed by atoms with Crippen LogP contribution in [0, 0.1) is 0 Å². The molecule has 0 saturated heterocycles. The molecule has 22 heavy (non-hydrogen) atoms. The van der Waals surface area contributed by atoms with E-state index in [0.717, 1.165) is 13.1 Å². The van der Waals surface area contributed by atoms with Crippen LogP contribution in [0.2, 0.25) is 0 Å². The molecule has 3 rings (SSSR count). The summed E-state index contributed by atoms with van der Waals surface area (Å²) in [5.74, 6) is 0. The Morgan fingerprint density at radius 1 is 0.864 bits per heavy atom. The van der Waals surface area contributed by atoms with E-state index in [4.69, 9.17) is 0 Å². The monoisotopic (exact) mass is 293 g/mol. The van der Waals surface area contributed by atoms with Crippen LogP contribution in [0.4, 0.5) is 0 Å². The quantitative estimate of drug-likeness (QED) is 0.715. The Kier molecular flexibility index (Phi) is 4.59. The zero-order chi connectivity index (χ0) is 15.4. The summed E-state index contributed by atoms with van der Waals surface area (Å²) in [6.45, 7) is 8.93. The van der Waals surface area contributed by atoms with Gasteiger partial charge >= 0.3 is 0 Å². The number of aromatic nitrogens is 1. The highest BCUT2D eigenvalue weighted by Gasteiger charge is 2.12. The van der Waals surface area contributed by atoms with E-state index in [1.807, 2.05) is 0 Å². The van der Waals surface area contributed by atoms with Crippen molar-refractivity contribution in [3.05, 3.63) is 71.9 Å². The fourth-order valence-electron chi connectivity index (χ4n) is 3.14. The molecule has 0 aliphatic rings. The third-order valence-electron chi connectivity index (χ3n) is 4.51. The van der Waals surface area contributed by atoms with Gasteiger partial charge in [0.05, 0.1) is 13.1 Å². The van der Waals surface area contributed by atoms with Gasteiger partial charge in [-0.25, -0.2) is 0 Å². The molecule has 3 aromatic rings. The highest BCUT2D eigenvalue weighted by Crippen LogP contribution is 2.22. The Labute approximate surface area is 133 Å². The van der Waals surface area contributed by atoms with Crippen molar-refractivity contribution in [3.63, 3.8) is 0 Å². The largest absolute Gasteiger partial charge is 0.343 e. The highest BCUT2D eigenvalue weighted by molar-refractivity contribution is 5.83. The molecule has 1 aromatic heterocycles. The summed E-state index contributed by atoms with van der Waals surface area (Å²) in [7, 11) is 0. The lowest BCUT2D eigenvalue weighted by molar-refractivity contribution is -0.910. The maximum absolute atomic E-state index is 2.39. The molecule has 0 spiro atoms. The van der Waals surface area contributed by atoms with Gasteiger partial charge in [-0.15, -0.1) is 0 Å². The standard InChI is InChI=1S/C20H24N2/c1-3-21(4-2)15-18-16-22(14-17-10-6-5-7-11-17)20-13-9-8-12-19(18)20/h5-13,16H,3-4,14-15H2,1-2H3/p+1. The van der Waals surface area contributed by atoms with Crippen molar-refractivity contribution >= 4 is 10.9 Å². The maximum Gasteiger partial charge on any atom is 0.105 e. The Morgan fingerprint density at radius 3 is 2.27 bits per heavy atom. The van der Waals surface area contributed by atoms with E-state index < -0.39 is 0 Å². The molecule has 0 aliphatic carbocycles. The van der Waals surface area contributed by atoms with Crippen LogP contribution in [-0.2, 0) is 13.1 Å². The van der Waals surface area contributed by atoms with Crippen molar-refractivity contribution in [3.8, 4) is 0 Å². The predicted molar refractivity (Wildman–Crippen MR) is 93.2 cm³/mol. The summed E-state index contributed by atoms with van der Waals surface area (Å²) in [4.78, 5) is 1.63. The lowest BCUT2D eigenvalue weighted by atomic mass is 10.1. The molecule has 2 nitrogen and oxygen atoms in total. The van der Waals surface area contributed by atoms with Crippen molar-refractivity contribution in [1.82, 2.24) is 4.57 Å². The first-order chi connectivity index (χ1) is 10.8. The minimum atomic E-state index is 0.939. The second kappa shape index (κ2) is 6.80. The third-order valence-corrected chi connectivity index (χ3v) is 4.51. The first kappa shape index (κ1) is 14.9. The highest BCUT2D eigenvalue weighted by atomic mass is 15.1. The fourth-order valence-corrected chi connectivity index (χ4v) is 3.14. The van der Waals surface area contributed by atoms with E-state index in [0.29, 0.717) is 0 Å². The number of quaternary nitrogens is 1. The van der Waals surface area contributed by atoms with E-state index in [1.165, 1.54) is 35.1 Å². The van der Waals surface area contributed by atoms with Crippen molar-refractivity contribution in [2.75, 3.05) is 13.1 Å². The SMILES string of the molecule is CC[NH+](CC)Cc1cn(Cc2ccccc2)c2ccccc12. The molecule has 0 unspecified atom stereocenters. The summed E-state index contributed by atoms with van der Waals surface area (Å²) < 4.78 is 2.39. The molecule has 0 radical (unpaired) electrons. The van der Waals surface area contributed by atoms with Crippen LogP contribution in [0.3, 0.4) is 0 Å².